The number of nitrogens with zero attached hydrogens (tertiary/aromatic N) is 2. The molecule has 0 unspecified atom stereocenters. The molecule has 0 atom stereocenters. The first-order chi connectivity index (χ1) is 17.3. The van der Waals surface area contributed by atoms with Gasteiger partial charge in [-0.2, -0.15) is 13.2 Å². The summed E-state index contributed by atoms with van der Waals surface area (Å²) in [6.45, 7) is 0.246. The van der Waals surface area contributed by atoms with E-state index in [1.165, 1.54) is 23.3 Å². The highest BCUT2D eigenvalue weighted by Gasteiger charge is 2.37. The normalized spacial score (nSPS) is 14.5. The minimum Gasteiger partial charge on any atom is -0.467 e. The molecule has 2 amide bonds. The Morgan fingerprint density at radius 1 is 0.944 bits per heavy atom. The number of alkyl halides is 3. The largest absolute Gasteiger partial charge is 0.467 e. The Morgan fingerprint density at radius 3 is 2.47 bits per heavy atom. The highest BCUT2D eigenvalue weighted by Crippen LogP contribution is 2.34. The smallest absolute Gasteiger partial charge is 0.416 e. The molecule has 0 radical (unpaired) electrons. The van der Waals surface area contributed by atoms with Gasteiger partial charge in [-0.1, -0.05) is 12.1 Å². The van der Waals surface area contributed by atoms with Crippen LogP contribution < -0.4 is 9.47 Å². The van der Waals surface area contributed by atoms with Crippen molar-refractivity contribution in [2.75, 3.05) is 13.3 Å². The lowest BCUT2D eigenvalue weighted by Gasteiger charge is -2.27. The standard InChI is InChI=1S/C26H23F3N2O5/c27-26(28,29)19-4-1-3-18(12-19)25(33)31(20-7-8-20)15-24(32)30(14-21-5-2-10-34-21)13-17-6-9-22-23(11-17)36-16-35-22/h1-6,9-12,20H,7-8,13-16H2. The van der Waals surface area contributed by atoms with E-state index in [2.05, 4.69) is 0 Å². The van der Waals surface area contributed by atoms with Gasteiger partial charge in [-0.05, 0) is 60.9 Å². The van der Waals surface area contributed by atoms with Crippen LogP contribution in [0.15, 0.2) is 65.3 Å². The van der Waals surface area contributed by atoms with Crippen molar-refractivity contribution < 1.29 is 36.7 Å². The van der Waals surface area contributed by atoms with E-state index in [4.69, 9.17) is 13.9 Å². The summed E-state index contributed by atoms with van der Waals surface area (Å²) in [5.74, 6) is 0.812. The van der Waals surface area contributed by atoms with E-state index in [9.17, 15) is 22.8 Å². The molecule has 1 fully saturated rings. The molecule has 10 heteroatoms. The van der Waals surface area contributed by atoms with Gasteiger partial charge in [-0.15, -0.1) is 0 Å². The summed E-state index contributed by atoms with van der Waals surface area (Å²) in [4.78, 5) is 29.6. The summed E-state index contributed by atoms with van der Waals surface area (Å²) in [5, 5.41) is 0. The van der Waals surface area contributed by atoms with Gasteiger partial charge in [0.1, 0.15) is 12.3 Å². The molecule has 1 aliphatic carbocycles. The van der Waals surface area contributed by atoms with Gasteiger partial charge in [0.05, 0.1) is 18.4 Å². The summed E-state index contributed by atoms with van der Waals surface area (Å²) in [6.07, 6.45) is -1.68. The summed E-state index contributed by atoms with van der Waals surface area (Å²) in [7, 11) is 0. The maximum Gasteiger partial charge on any atom is 0.416 e. The fourth-order valence-electron chi connectivity index (χ4n) is 4.08. The van der Waals surface area contributed by atoms with Crippen molar-refractivity contribution in [3.8, 4) is 11.5 Å². The van der Waals surface area contributed by atoms with Crippen LogP contribution in [0.3, 0.4) is 0 Å². The minimum absolute atomic E-state index is 0.0992. The Labute approximate surface area is 205 Å². The van der Waals surface area contributed by atoms with E-state index in [0.717, 1.165) is 17.7 Å². The molecule has 36 heavy (non-hydrogen) atoms. The number of carbonyl (C=O) groups is 2. The van der Waals surface area contributed by atoms with Gasteiger partial charge in [0, 0.05) is 18.2 Å². The van der Waals surface area contributed by atoms with Crippen LogP contribution in [0.2, 0.25) is 0 Å². The molecule has 1 aliphatic heterocycles. The zero-order valence-electron chi connectivity index (χ0n) is 19.2. The van der Waals surface area contributed by atoms with E-state index in [1.54, 1.807) is 29.2 Å². The average Bonchev–Trinajstić information content (AvgIpc) is 3.36. The number of furan rings is 1. The summed E-state index contributed by atoms with van der Waals surface area (Å²) >= 11 is 0. The van der Waals surface area contributed by atoms with Crippen LogP contribution in [0.5, 0.6) is 11.5 Å². The number of ether oxygens (including phenoxy) is 2. The second-order valence-electron chi connectivity index (χ2n) is 8.76. The van der Waals surface area contributed by atoms with Crippen molar-refractivity contribution in [3.05, 3.63) is 83.3 Å². The van der Waals surface area contributed by atoms with E-state index < -0.39 is 17.6 Å². The van der Waals surface area contributed by atoms with E-state index >= 15 is 0 Å². The molecular formula is C26H23F3N2O5. The summed E-state index contributed by atoms with van der Waals surface area (Å²) < 4.78 is 55.7. The lowest BCUT2D eigenvalue weighted by Crippen LogP contribution is -2.43. The fourth-order valence-corrected chi connectivity index (χ4v) is 4.08. The van der Waals surface area contributed by atoms with Gasteiger partial charge in [0.2, 0.25) is 12.7 Å². The minimum atomic E-state index is -4.57. The van der Waals surface area contributed by atoms with Crippen LogP contribution >= 0.6 is 0 Å². The number of amides is 2. The monoisotopic (exact) mass is 500 g/mol. The number of benzene rings is 2. The number of rotatable bonds is 8. The van der Waals surface area contributed by atoms with Gasteiger partial charge >= 0.3 is 6.18 Å². The molecule has 2 aromatic carbocycles. The van der Waals surface area contributed by atoms with Gasteiger partial charge in [0.15, 0.2) is 11.5 Å². The topological polar surface area (TPSA) is 72.2 Å². The third-order valence-corrected chi connectivity index (χ3v) is 6.08. The molecule has 188 valence electrons. The van der Waals surface area contributed by atoms with Gasteiger partial charge in [-0.25, -0.2) is 0 Å². The van der Waals surface area contributed by atoms with Gasteiger partial charge < -0.3 is 23.7 Å². The molecule has 2 aliphatic rings. The molecule has 3 aromatic rings. The maximum atomic E-state index is 13.5. The number of hydrogen-bond donors (Lipinski definition) is 0. The van der Waals surface area contributed by atoms with Crippen LogP contribution in [0.4, 0.5) is 13.2 Å². The van der Waals surface area contributed by atoms with Crippen LogP contribution in [0.25, 0.3) is 0 Å². The first kappa shape index (κ1) is 23.8. The maximum absolute atomic E-state index is 13.5. The van der Waals surface area contributed by atoms with Crippen molar-refractivity contribution >= 4 is 11.8 Å². The molecule has 0 spiro atoms. The number of carbonyl (C=O) groups excluding carboxylic acids is 2. The van der Waals surface area contributed by atoms with Gasteiger partial charge in [-0.3, -0.25) is 9.59 Å². The third kappa shape index (κ3) is 5.32. The Balaban J connectivity index is 1.36. The molecule has 7 nitrogen and oxygen atoms in total. The van der Waals surface area contributed by atoms with Crippen molar-refractivity contribution in [3.63, 3.8) is 0 Å². The molecule has 0 saturated heterocycles. The average molecular weight is 500 g/mol. The molecule has 2 heterocycles. The van der Waals surface area contributed by atoms with E-state index in [0.29, 0.717) is 30.1 Å². The Hall–Kier alpha value is -3.95. The fraction of sp³-hybridized carbons (Fsp3) is 0.308. The van der Waals surface area contributed by atoms with E-state index in [1.807, 2.05) is 6.07 Å². The first-order valence-electron chi connectivity index (χ1n) is 11.4. The van der Waals surface area contributed by atoms with Crippen molar-refractivity contribution in [1.82, 2.24) is 9.80 Å². The Bertz CT molecular complexity index is 1250. The second-order valence-corrected chi connectivity index (χ2v) is 8.76. The predicted molar refractivity (Wildman–Crippen MR) is 121 cm³/mol. The summed E-state index contributed by atoms with van der Waals surface area (Å²) in [6, 6.07) is 12.9. The SMILES string of the molecule is O=C(CN(C(=O)c1cccc(C(F)(F)F)c1)C1CC1)N(Cc1ccc2c(c1)OCO2)Cc1ccco1. The van der Waals surface area contributed by atoms with Crippen LogP contribution in [-0.4, -0.2) is 41.0 Å². The lowest BCUT2D eigenvalue weighted by molar-refractivity contribution is -0.137. The Morgan fingerprint density at radius 2 is 1.75 bits per heavy atom. The summed E-state index contributed by atoms with van der Waals surface area (Å²) in [5.41, 5.74) is -0.211. The van der Waals surface area contributed by atoms with Crippen LogP contribution in [-0.2, 0) is 24.1 Å². The van der Waals surface area contributed by atoms with Crippen LogP contribution in [0.1, 0.15) is 40.1 Å². The van der Waals surface area contributed by atoms with Gasteiger partial charge in [0.25, 0.3) is 5.91 Å². The third-order valence-electron chi connectivity index (χ3n) is 6.08. The lowest BCUT2D eigenvalue weighted by atomic mass is 10.1. The predicted octanol–water partition coefficient (Wildman–Crippen LogP) is 4.86. The zero-order chi connectivity index (χ0) is 25.3. The van der Waals surface area contributed by atoms with Crippen molar-refractivity contribution in [1.29, 1.82) is 0 Å². The zero-order valence-corrected chi connectivity index (χ0v) is 19.2. The highest BCUT2D eigenvalue weighted by molar-refractivity contribution is 5.97. The molecule has 0 bridgehead atoms. The number of halogens is 3. The number of hydrogen-bond acceptors (Lipinski definition) is 5. The molecule has 0 N–H and O–H groups in total. The quantitative estimate of drug-likeness (QED) is 0.442. The highest BCUT2D eigenvalue weighted by atomic mass is 19.4. The van der Waals surface area contributed by atoms with Crippen LogP contribution in [0, 0.1) is 0 Å². The molecule has 5 rings (SSSR count). The van der Waals surface area contributed by atoms with E-state index in [-0.39, 0.29) is 43.9 Å². The van der Waals surface area contributed by atoms with Crippen molar-refractivity contribution in [2.45, 2.75) is 38.1 Å². The molecule has 1 saturated carbocycles. The first-order valence-corrected chi connectivity index (χ1v) is 11.4. The Kier molecular flexibility index (Phi) is 6.34. The number of fused-ring (bicyclic) bond motifs is 1. The molecule has 1 aromatic heterocycles. The van der Waals surface area contributed by atoms with Crippen molar-refractivity contribution in [2.24, 2.45) is 0 Å². The second kappa shape index (κ2) is 9.60. The molecular weight excluding hydrogens is 477 g/mol.